The second kappa shape index (κ2) is 5.41. The Kier molecular flexibility index (Phi) is 3.46. The zero-order valence-corrected chi connectivity index (χ0v) is 12.1. The van der Waals surface area contributed by atoms with Crippen molar-refractivity contribution in [1.82, 2.24) is 4.40 Å². The van der Waals surface area contributed by atoms with E-state index in [1.807, 2.05) is 0 Å². The summed E-state index contributed by atoms with van der Waals surface area (Å²) in [5.74, 6) is 1.27. The third kappa shape index (κ3) is 2.07. The first-order valence-corrected chi connectivity index (χ1v) is 7.25. The van der Waals surface area contributed by atoms with Crippen LogP contribution in [-0.2, 0) is 0 Å². The van der Waals surface area contributed by atoms with Gasteiger partial charge in [0.05, 0.1) is 5.52 Å². The van der Waals surface area contributed by atoms with Crippen molar-refractivity contribution in [3.8, 4) is 11.1 Å². The van der Waals surface area contributed by atoms with Gasteiger partial charge in [-0.05, 0) is 37.6 Å². The van der Waals surface area contributed by atoms with Crippen LogP contribution in [0, 0.1) is 0 Å². The molecule has 0 saturated carbocycles. The highest BCUT2D eigenvalue weighted by Crippen LogP contribution is 2.32. The molecule has 20 heavy (non-hydrogen) atoms. The van der Waals surface area contributed by atoms with Crippen molar-refractivity contribution < 1.29 is 0 Å². The van der Waals surface area contributed by atoms with Crippen LogP contribution in [0.25, 0.3) is 16.6 Å². The summed E-state index contributed by atoms with van der Waals surface area (Å²) in [5, 5.41) is 0. The molecule has 1 aromatic carbocycles. The molecule has 0 aliphatic carbocycles. The Balaban J connectivity index is 2.24. The number of rotatable bonds is 4. The lowest BCUT2D eigenvalue weighted by molar-refractivity contribution is 0.839. The minimum absolute atomic E-state index is 1.02. The van der Waals surface area contributed by atoms with Gasteiger partial charge in [0.2, 0.25) is 0 Å². The number of aromatic nitrogens is 1. The largest absolute Gasteiger partial charge is 0.358 e. The summed E-state index contributed by atoms with van der Waals surface area (Å²) in [4.78, 5) is 2.39. The lowest BCUT2D eigenvalue weighted by Gasteiger charge is -2.20. The summed E-state index contributed by atoms with van der Waals surface area (Å²) in [6.07, 6.45) is 2.15. The molecule has 3 rings (SSSR count). The predicted molar refractivity (Wildman–Crippen MR) is 86.4 cm³/mol. The van der Waals surface area contributed by atoms with Gasteiger partial charge in [-0.1, -0.05) is 36.4 Å². The van der Waals surface area contributed by atoms with Crippen molar-refractivity contribution in [1.29, 1.82) is 0 Å². The van der Waals surface area contributed by atoms with E-state index >= 15 is 0 Å². The second-order valence-electron chi connectivity index (χ2n) is 4.91. The summed E-state index contributed by atoms with van der Waals surface area (Å²) in [5.41, 5.74) is 3.84. The molecule has 0 atom stereocenters. The number of nitrogens with zero attached hydrogens (tertiary/aromatic N) is 2. The van der Waals surface area contributed by atoms with E-state index < -0.39 is 0 Å². The number of benzene rings is 1. The Bertz CT molecular complexity index is 694. The molecule has 2 aromatic heterocycles. The fourth-order valence-corrected chi connectivity index (χ4v) is 2.78. The van der Waals surface area contributed by atoms with Crippen molar-refractivity contribution in [2.45, 2.75) is 13.8 Å². The highest BCUT2D eigenvalue weighted by Gasteiger charge is 2.13. The van der Waals surface area contributed by atoms with Crippen LogP contribution in [0.15, 0.2) is 60.8 Å². The van der Waals surface area contributed by atoms with E-state index in [4.69, 9.17) is 0 Å². The Morgan fingerprint density at radius 2 is 1.60 bits per heavy atom. The normalized spacial score (nSPS) is 10.9. The molecule has 2 heterocycles. The molecular formula is C18H20N2. The lowest BCUT2D eigenvalue weighted by atomic mass is 10.1. The third-order valence-corrected chi connectivity index (χ3v) is 3.83. The lowest BCUT2D eigenvalue weighted by Crippen LogP contribution is -2.23. The van der Waals surface area contributed by atoms with Crippen LogP contribution in [0.4, 0.5) is 5.82 Å². The second-order valence-corrected chi connectivity index (χ2v) is 4.91. The summed E-state index contributed by atoms with van der Waals surface area (Å²) >= 11 is 0. The molecule has 0 spiro atoms. The van der Waals surface area contributed by atoms with Gasteiger partial charge in [-0.3, -0.25) is 0 Å². The van der Waals surface area contributed by atoms with Gasteiger partial charge in [0.15, 0.2) is 0 Å². The van der Waals surface area contributed by atoms with Crippen molar-refractivity contribution in [3.63, 3.8) is 0 Å². The van der Waals surface area contributed by atoms with Crippen molar-refractivity contribution in [3.05, 3.63) is 60.8 Å². The van der Waals surface area contributed by atoms with Gasteiger partial charge >= 0.3 is 0 Å². The molecule has 0 amide bonds. The SMILES string of the molecule is CCN(CC)c1cc(-c2ccccc2)c2ccccn12. The Labute approximate surface area is 120 Å². The standard InChI is InChI=1S/C18H20N2/c1-3-19(4-2)18-14-16(15-10-6-5-7-11-15)17-12-8-9-13-20(17)18/h5-14H,3-4H2,1-2H3. The summed E-state index contributed by atoms with van der Waals surface area (Å²) in [6.45, 7) is 6.44. The molecule has 0 bridgehead atoms. The van der Waals surface area contributed by atoms with E-state index in [9.17, 15) is 0 Å². The number of hydrogen-bond acceptors (Lipinski definition) is 1. The molecule has 3 aromatic rings. The van der Waals surface area contributed by atoms with Gasteiger partial charge < -0.3 is 9.30 Å². The summed E-state index contributed by atoms with van der Waals surface area (Å²) in [6, 6.07) is 19.3. The molecule has 0 saturated heterocycles. The first kappa shape index (κ1) is 12.8. The minimum Gasteiger partial charge on any atom is -0.358 e. The Morgan fingerprint density at radius 3 is 2.30 bits per heavy atom. The van der Waals surface area contributed by atoms with E-state index in [1.165, 1.54) is 22.5 Å². The minimum atomic E-state index is 1.02. The molecule has 0 aliphatic heterocycles. The van der Waals surface area contributed by atoms with Gasteiger partial charge in [-0.25, -0.2) is 0 Å². The monoisotopic (exact) mass is 264 g/mol. The first-order chi connectivity index (χ1) is 9.85. The zero-order chi connectivity index (χ0) is 13.9. The average Bonchev–Trinajstić information content (AvgIpc) is 2.90. The maximum atomic E-state index is 2.39. The maximum Gasteiger partial charge on any atom is 0.113 e. The van der Waals surface area contributed by atoms with Gasteiger partial charge in [0, 0.05) is 24.8 Å². The van der Waals surface area contributed by atoms with Crippen LogP contribution >= 0.6 is 0 Å². The number of fused-ring (bicyclic) bond motifs is 1. The van der Waals surface area contributed by atoms with Crippen molar-refractivity contribution in [2.24, 2.45) is 0 Å². The first-order valence-electron chi connectivity index (χ1n) is 7.25. The fourth-order valence-electron chi connectivity index (χ4n) is 2.78. The number of pyridine rings is 1. The molecule has 0 aliphatic rings. The van der Waals surface area contributed by atoms with Crippen LogP contribution in [0.3, 0.4) is 0 Å². The third-order valence-electron chi connectivity index (χ3n) is 3.83. The molecule has 0 unspecified atom stereocenters. The Morgan fingerprint density at radius 1 is 0.900 bits per heavy atom. The topological polar surface area (TPSA) is 7.65 Å². The summed E-state index contributed by atoms with van der Waals surface area (Å²) in [7, 11) is 0. The molecular weight excluding hydrogens is 244 g/mol. The highest BCUT2D eigenvalue weighted by atomic mass is 15.2. The molecule has 0 N–H and O–H groups in total. The Hall–Kier alpha value is -2.22. The number of hydrogen-bond donors (Lipinski definition) is 0. The van der Waals surface area contributed by atoms with Crippen molar-refractivity contribution >= 4 is 11.3 Å². The molecule has 2 heteroatoms. The molecule has 2 nitrogen and oxygen atoms in total. The zero-order valence-electron chi connectivity index (χ0n) is 12.1. The average molecular weight is 264 g/mol. The van der Waals surface area contributed by atoms with Crippen LogP contribution in [0.1, 0.15) is 13.8 Å². The van der Waals surface area contributed by atoms with E-state index in [2.05, 4.69) is 83.9 Å². The molecule has 0 fully saturated rings. The molecule has 0 radical (unpaired) electrons. The fraction of sp³-hybridized carbons (Fsp3) is 0.222. The smallest absolute Gasteiger partial charge is 0.113 e. The van der Waals surface area contributed by atoms with E-state index in [0.29, 0.717) is 0 Å². The van der Waals surface area contributed by atoms with E-state index in [1.54, 1.807) is 0 Å². The van der Waals surface area contributed by atoms with Crippen LogP contribution in [0.5, 0.6) is 0 Å². The van der Waals surface area contributed by atoms with Gasteiger partial charge in [-0.2, -0.15) is 0 Å². The van der Waals surface area contributed by atoms with Crippen LogP contribution in [0.2, 0.25) is 0 Å². The van der Waals surface area contributed by atoms with Crippen LogP contribution < -0.4 is 4.90 Å². The summed E-state index contributed by atoms with van der Waals surface area (Å²) < 4.78 is 2.29. The highest BCUT2D eigenvalue weighted by molar-refractivity contribution is 5.85. The quantitative estimate of drug-likeness (QED) is 0.675. The number of anilines is 1. The molecule has 102 valence electrons. The van der Waals surface area contributed by atoms with Gasteiger partial charge in [-0.15, -0.1) is 0 Å². The van der Waals surface area contributed by atoms with E-state index in [-0.39, 0.29) is 0 Å². The van der Waals surface area contributed by atoms with Gasteiger partial charge in [0.25, 0.3) is 0 Å². The van der Waals surface area contributed by atoms with Gasteiger partial charge in [0.1, 0.15) is 5.82 Å². The predicted octanol–water partition coefficient (Wildman–Crippen LogP) is 4.45. The van der Waals surface area contributed by atoms with Crippen LogP contribution in [-0.4, -0.2) is 17.5 Å². The van der Waals surface area contributed by atoms with E-state index in [0.717, 1.165) is 13.1 Å². The maximum absolute atomic E-state index is 2.39. The van der Waals surface area contributed by atoms with Crippen molar-refractivity contribution in [2.75, 3.05) is 18.0 Å².